The third-order valence-corrected chi connectivity index (χ3v) is 4.15. The molecule has 2 aliphatic rings. The Morgan fingerprint density at radius 2 is 2.14 bits per heavy atom. The quantitative estimate of drug-likeness (QED) is 0.647. The minimum atomic E-state index is -0.0387. The maximum absolute atomic E-state index is 11.4. The fourth-order valence-electron chi connectivity index (χ4n) is 3.00. The molecule has 0 saturated heterocycles. The third kappa shape index (κ3) is 1.44. The molecule has 0 heterocycles. The number of ether oxygens (including phenoxy) is 1. The van der Waals surface area contributed by atoms with Crippen molar-refractivity contribution in [2.75, 3.05) is 7.11 Å². The van der Waals surface area contributed by atoms with E-state index < -0.39 is 0 Å². The molecule has 2 unspecified atom stereocenters. The Morgan fingerprint density at radius 1 is 1.43 bits per heavy atom. The first-order valence-electron chi connectivity index (χ1n) is 5.51. The van der Waals surface area contributed by atoms with Crippen LogP contribution in [0.4, 0.5) is 0 Å². The van der Waals surface area contributed by atoms with Gasteiger partial charge in [0.1, 0.15) is 0 Å². The molecule has 2 atom stereocenters. The summed E-state index contributed by atoms with van der Waals surface area (Å²) in [5, 5.41) is 0. The van der Waals surface area contributed by atoms with E-state index in [1.165, 1.54) is 26.4 Å². The van der Waals surface area contributed by atoms with Gasteiger partial charge in [-0.05, 0) is 37.5 Å². The third-order valence-electron chi connectivity index (χ3n) is 4.15. The van der Waals surface area contributed by atoms with Crippen molar-refractivity contribution in [1.82, 2.24) is 0 Å². The molecular formula is C11H19NO2. The highest BCUT2D eigenvalue weighted by Crippen LogP contribution is 2.52. The van der Waals surface area contributed by atoms with E-state index in [1.54, 1.807) is 0 Å². The van der Waals surface area contributed by atoms with Crippen LogP contribution >= 0.6 is 0 Å². The van der Waals surface area contributed by atoms with Crippen molar-refractivity contribution in [1.29, 1.82) is 0 Å². The van der Waals surface area contributed by atoms with Crippen LogP contribution < -0.4 is 5.73 Å². The van der Waals surface area contributed by atoms with E-state index in [2.05, 4.69) is 0 Å². The smallest absolute Gasteiger partial charge is 0.308 e. The van der Waals surface area contributed by atoms with Crippen LogP contribution in [-0.2, 0) is 9.53 Å². The minimum absolute atomic E-state index is 0.0387. The SMILES string of the molecule is COC(=O)C1CCC(N)C2(CCC2)C1. The molecule has 2 N–H and O–H groups in total. The highest BCUT2D eigenvalue weighted by atomic mass is 16.5. The zero-order chi connectivity index (χ0) is 10.2. The topological polar surface area (TPSA) is 52.3 Å². The van der Waals surface area contributed by atoms with E-state index in [9.17, 15) is 4.79 Å². The van der Waals surface area contributed by atoms with E-state index in [1.807, 2.05) is 0 Å². The Bertz CT molecular complexity index is 235. The lowest BCUT2D eigenvalue weighted by molar-refractivity contribution is -0.149. The van der Waals surface area contributed by atoms with E-state index in [0.29, 0.717) is 6.04 Å². The van der Waals surface area contributed by atoms with Crippen LogP contribution in [0, 0.1) is 11.3 Å². The normalized spacial score (nSPS) is 35.0. The lowest BCUT2D eigenvalue weighted by Gasteiger charge is -2.51. The van der Waals surface area contributed by atoms with Crippen molar-refractivity contribution < 1.29 is 9.53 Å². The fourth-order valence-corrected chi connectivity index (χ4v) is 3.00. The monoisotopic (exact) mass is 197 g/mol. The summed E-state index contributed by atoms with van der Waals surface area (Å²) in [4.78, 5) is 11.4. The predicted molar refractivity (Wildman–Crippen MR) is 53.6 cm³/mol. The molecule has 2 rings (SSSR count). The lowest BCUT2D eigenvalue weighted by atomic mass is 9.56. The van der Waals surface area contributed by atoms with E-state index in [4.69, 9.17) is 10.5 Å². The van der Waals surface area contributed by atoms with Crippen molar-refractivity contribution in [3.63, 3.8) is 0 Å². The minimum Gasteiger partial charge on any atom is -0.469 e. The molecule has 2 aliphatic carbocycles. The van der Waals surface area contributed by atoms with Gasteiger partial charge in [0, 0.05) is 6.04 Å². The van der Waals surface area contributed by atoms with Gasteiger partial charge in [0.2, 0.25) is 0 Å². The number of carbonyl (C=O) groups is 1. The summed E-state index contributed by atoms with van der Waals surface area (Å²) in [6.07, 6.45) is 6.56. The molecule has 3 nitrogen and oxygen atoms in total. The predicted octanol–water partition coefficient (Wildman–Crippen LogP) is 1.46. The molecule has 0 amide bonds. The maximum atomic E-state index is 11.4. The molecular weight excluding hydrogens is 178 g/mol. The second-order valence-corrected chi connectivity index (χ2v) is 4.82. The number of methoxy groups -OCH3 is 1. The molecule has 0 bridgehead atoms. The number of carbonyl (C=O) groups excluding carboxylic acids is 1. The standard InChI is InChI=1S/C11H19NO2/c1-14-10(13)8-3-4-9(12)11(7-8)5-2-6-11/h8-9H,2-7,12H2,1H3. The lowest BCUT2D eigenvalue weighted by Crippen LogP contribution is -2.51. The van der Waals surface area contributed by atoms with Gasteiger partial charge in [-0.15, -0.1) is 0 Å². The molecule has 2 fully saturated rings. The zero-order valence-corrected chi connectivity index (χ0v) is 8.79. The summed E-state index contributed by atoms with van der Waals surface area (Å²) in [6.45, 7) is 0. The summed E-state index contributed by atoms with van der Waals surface area (Å²) in [6, 6.07) is 0.317. The Morgan fingerprint density at radius 3 is 2.64 bits per heavy atom. The van der Waals surface area contributed by atoms with Gasteiger partial charge in [-0.1, -0.05) is 6.42 Å². The molecule has 80 valence electrons. The average molecular weight is 197 g/mol. The van der Waals surface area contributed by atoms with E-state index in [-0.39, 0.29) is 17.3 Å². The number of esters is 1. The van der Waals surface area contributed by atoms with Gasteiger partial charge >= 0.3 is 5.97 Å². The molecule has 3 heteroatoms. The number of hydrogen-bond donors (Lipinski definition) is 1. The molecule has 14 heavy (non-hydrogen) atoms. The van der Waals surface area contributed by atoms with Gasteiger partial charge in [-0.25, -0.2) is 0 Å². The van der Waals surface area contributed by atoms with Crippen LogP contribution in [0.15, 0.2) is 0 Å². The Kier molecular flexibility index (Phi) is 2.52. The first kappa shape index (κ1) is 9.97. The number of hydrogen-bond acceptors (Lipinski definition) is 3. The van der Waals surface area contributed by atoms with Crippen molar-refractivity contribution in [2.45, 2.75) is 44.6 Å². The molecule has 0 aliphatic heterocycles. The first-order valence-corrected chi connectivity index (χ1v) is 5.51. The van der Waals surface area contributed by atoms with Gasteiger partial charge in [0.05, 0.1) is 13.0 Å². The van der Waals surface area contributed by atoms with Crippen molar-refractivity contribution in [3.8, 4) is 0 Å². The van der Waals surface area contributed by atoms with Crippen LogP contribution in [0.1, 0.15) is 38.5 Å². The molecule has 0 aromatic heterocycles. The first-order chi connectivity index (χ1) is 6.68. The largest absolute Gasteiger partial charge is 0.469 e. The van der Waals surface area contributed by atoms with Gasteiger partial charge < -0.3 is 10.5 Å². The molecule has 2 saturated carbocycles. The number of nitrogens with two attached hydrogens (primary N) is 1. The van der Waals surface area contributed by atoms with Gasteiger partial charge in [-0.3, -0.25) is 4.79 Å². The average Bonchev–Trinajstić information content (AvgIpc) is 2.15. The van der Waals surface area contributed by atoms with Crippen LogP contribution in [0.25, 0.3) is 0 Å². The van der Waals surface area contributed by atoms with Gasteiger partial charge in [-0.2, -0.15) is 0 Å². The zero-order valence-electron chi connectivity index (χ0n) is 8.79. The number of rotatable bonds is 1. The Balaban J connectivity index is 2.02. The molecule has 1 spiro atoms. The summed E-state index contributed by atoms with van der Waals surface area (Å²) in [5.41, 5.74) is 6.42. The molecule has 0 radical (unpaired) electrons. The van der Waals surface area contributed by atoms with Crippen molar-refractivity contribution in [2.24, 2.45) is 17.1 Å². The Hall–Kier alpha value is -0.570. The van der Waals surface area contributed by atoms with E-state index >= 15 is 0 Å². The molecule has 0 aromatic carbocycles. The van der Waals surface area contributed by atoms with Gasteiger partial charge in [0.15, 0.2) is 0 Å². The van der Waals surface area contributed by atoms with Crippen LogP contribution in [0.2, 0.25) is 0 Å². The van der Waals surface area contributed by atoms with Gasteiger partial charge in [0.25, 0.3) is 0 Å². The second-order valence-electron chi connectivity index (χ2n) is 4.82. The van der Waals surface area contributed by atoms with Crippen molar-refractivity contribution >= 4 is 5.97 Å². The second kappa shape index (κ2) is 3.54. The maximum Gasteiger partial charge on any atom is 0.308 e. The molecule has 0 aromatic rings. The van der Waals surface area contributed by atoms with Crippen molar-refractivity contribution in [3.05, 3.63) is 0 Å². The summed E-state index contributed by atoms with van der Waals surface area (Å²) in [5.74, 6) is 0.0725. The fraction of sp³-hybridized carbons (Fsp3) is 0.909. The summed E-state index contributed by atoms with van der Waals surface area (Å²) in [7, 11) is 1.48. The summed E-state index contributed by atoms with van der Waals surface area (Å²) < 4.78 is 4.81. The van der Waals surface area contributed by atoms with Crippen LogP contribution in [0.3, 0.4) is 0 Å². The Labute approximate surface area is 85.0 Å². The summed E-state index contributed by atoms with van der Waals surface area (Å²) >= 11 is 0. The highest BCUT2D eigenvalue weighted by molar-refractivity contribution is 5.72. The van der Waals surface area contributed by atoms with Crippen LogP contribution in [-0.4, -0.2) is 19.1 Å². The highest BCUT2D eigenvalue weighted by Gasteiger charge is 2.47. The van der Waals surface area contributed by atoms with E-state index in [0.717, 1.165) is 19.3 Å². The van der Waals surface area contributed by atoms with Crippen LogP contribution in [0.5, 0.6) is 0 Å².